The zero-order chi connectivity index (χ0) is 28.4. The average Bonchev–Trinajstić information content (AvgIpc) is 2.91. The number of piperidine rings is 1. The molecule has 1 aliphatic rings. The lowest BCUT2D eigenvalue weighted by Crippen LogP contribution is -2.42. The number of carbonyl (C=O) groups is 2. The molecule has 0 unspecified atom stereocenters. The fourth-order valence-electron chi connectivity index (χ4n) is 4.31. The molecule has 1 heterocycles. The van der Waals surface area contributed by atoms with Gasteiger partial charge in [-0.2, -0.15) is 0 Å². The number of alkyl halides is 3. The number of aryl methyl sites for hydroxylation is 1. The van der Waals surface area contributed by atoms with Gasteiger partial charge in [0.15, 0.2) is 0 Å². The molecule has 4 rings (SSSR count). The molecule has 1 fully saturated rings. The minimum absolute atomic E-state index is 0.00157. The monoisotopic (exact) mass is 544 g/mol. The maximum absolute atomic E-state index is 12.7. The summed E-state index contributed by atoms with van der Waals surface area (Å²) in [5.74, 6) is 0.435. The van der Waals surface area contributed by atoms with Crippen LogP contribution >= 0.6 is 0 Å². The molecule has 208 valence electrons. The molecule has 0 bridgehead atoms. The smallest absolute Gasteiger partial charge is 0.490 e. The predicted molar refractivity (Wildman–Crippen MR) is 140 cm³/mol. The second-order valence-electron chi connectivity index (χ2n) is 9.04. The topological polar surface area (TPSA) is 102 Å². The zero-order valence-electron chi connectivity index (χ0n) is 21.5. The number of nitrogens with zero attached hydrogens (tertiary/aromatic N) is 1. The van der Waals surface area contributed by atoms with Gasteiger partial charge in [-0.15, -0.1) is 13.2 Å². The summed E-state index contributed by atoms with van der Waals surface area (Å²) in [4.78, 5) is 23.0. The van der Waals surface area contributed by atoms with Crippen molar-refractivity contribution < 1.29 is 37.3 Å². The SMILES string of the molecule is Cc1cc(-c2cccc(CO)c2)ccc1OC1CCN(C(=O)Cc2ccc(OC(F)(F)F)cc2)CC1.NC=O. The number of hydrogen-bond donors (Lipinski definition) is 2. The molecule has 3 N–H and O–H groups in total. The van der Waals surface area contributed by atoms with Gasteiger partial charge in [0, 0.05) is 25.9 Å². The number of ether oxygens (including phenoxy) is 2. The van der Waals surface area contributed by atoms with E-state index < -0.39 is 6.36 Å². The molecule has 0 radical (unpaired) electrons. The number of rotatable bonds is 7. The summed E-state index contributed by atoms with van der Waals surface area (Å²) in [6.07, 6.45) is -2.98. The van der Waals surface area contributed by atoms with Gasteiger partial charge in [-0.3, -0.25) is 9.59 Å². The number of halogens is 3. The Hall–Kier alpha value is -4.05. The summed E-state index contributed by atoms with van der Waals surface area (Å²) in [5.41, 5.74) is 8.75. The van der Waals surface area contributed by atoms with E-state index in [0.29, 0.717) is 31.5 Å². The summed E-state index contributed by atoms with van der Waals surface area (Å²) >= 11 is 0. The number of primary amides is 1. The highest BCUT2D eigenvalue weighted by atomic mass is 19.4. The Morgan fingerprint density at radius 2 is 1.67 bits per heavy atom. The van der Waals surface area contributed by atoms with Crippen molar-refractivity contribution in [2.45, 2.75) is 45.3 Å². The van der Waals surface area contributed by atoms with Gasteiger partial charge in [0.2, 0.25) is 12.3 Å². The standard InChI is InChI=1S/C28H28F3NO4.CH3NO/c1-19-15-23(22-4-2-3-21(16-22)18-33)7-10-26(19)35-24-11-13-32(14-12-24)27(34)17-20-5-8-25(9-6-20)36-28(29,30)31;2-1-3/h2-10,15-16,24,33H,11-14,17-18H2,1H3;1H,(H2,2,3). The molecule has 0 atom stereocenters. The Labute approximate surface area is 225 Å². The summed E-state index contributed by atoms with van der Waals surface area (Å²) < 4.78 is 47.0. The largest absolute Gasteiger partial charge is 0.573 e. The molecule has 2 amide bonds. The first-order valence-electron chi connectivity index (χ1n) is 12.4. The van der Waals surface area contributed by atoms with Crippen molar-refractivity contribution in [3.63, 3.8) is 0 Å². The van der Waals surface area contributed by atoms with Crippen LogP contribution in [0.1, 0.15) is 29.5 Å². The van der Waals surface area contributed by atoms with Gasteiger partial charge in [-0.05, 0) is 65.1 Å². The molecule has 39 heavy (non-hydrogen) atoms. The fraction of sp³-hybridized carbons (Fsp3) is 0.310. The second kappa shape index (κ2) is 13.7. The Morgan fingerprint density at radius 1 is 1.03 bits per heavy atom. The number of benzene rings is 3. The average molecular weight is 545 g/mol. The van der Waals surface area contributed by atoms with E-state index in [4.69, 9.17) is 9.53 Å². The van der Waals surface area contributed by atoms with Gasteiger partial charge in [-0.25, -0.2) is 0 Å². The Morgan fingerprint density at radius 3 is 2.26 bits per heavy atom. The van der Waals surface area contributed by atoms with E-state index in [1.165, 1.54) is 24.3 Å². The van der Waals surface area contributed by atoms with Crippen LogP contribution in [-0.4, -0.2) is 47.9 Å². The van der Waals surface area contributed by atoms with E-state index >= 15 is 0 Å². The van der Waals surface area contributed by atoms with Crippen molar-refractivity contribution in [1.82, 2.24) is 4.90 Å². The number of aliphatic hydroxyl groups excluding tert-OH is 1. The molecule has 3 aromatic rings. The van der Waals surface area contributed by atoms with Gasteiger partial charge in [0.25, 0.3) is 0 Å². The summed E-state index contributed by atoms with van der Waals surface area (Å²) in [6, 6.07) is 19.2. The predicted octanol–water partition coefficient (Wildman–Crippen LogP) is 4.77. The molecule has 10 heteroatoms. The van der Waals surface area contributed by atoms with E-state index in [2.05, 4.69) is 16.5 Å². The van der Waals surface area contributed by atoms with Crippen LogP contribution < -0.4 is 15.2 Å². The molecule has 0 aliphatic carbocycles. The van der Waals surface area contributed by atoms with Crippen molar-refractivity contribution in [3.8, 4) is 22.6 Å². The van der Waals surface area contributed by atoms with Gasteiger partial charge in [0.1, 0.15) is 17.6 Å². The van der Waals surface area contributed by atoms with E-state index in [9.17, 15) is 23.1 Å². The van der Waals surface area contributed by atoms with Crippen molar-refractivity contribution in [2.75, 3.05) is 13.1 Å². The maximum atomic E-state index is 12.7. The third-order valence-corrected chi connectivity index (χ3v) is 6.22. The summed E-state index contributed by atoms with van der Waals surface area (Å²) in [7, 11) is 0. The quantitative estimate of drug-likeness (QED) is 0.418. The van der Waals surface area contributed by atoms with Crippen LogP contribution in [0.25, 0.3) is 11.1 Å². The van der Waals surface area contributed by atoms with Crippen LogP contribution in [-0.2, 0) is 22.6 Å². The van der Waals surface area contributed by atoms with Gasteiger partial charge < -0.3 is 25.2 Å². The third kappa shape index (κ3) is 9.03. The number of carbonyl (C=O) groups excluding carboxylic acids is 2. The maximum Gasteiger partial charge on any atom is 0.573 e. The van der Waals surface area contributed by atoms with Crippen LogP contribution in [0.3, 0.4) is 0 Å². The Bertz CT molecular complexity index is 1240. The van der Waals surface area contributed by atoms with E-state index in [1.54, 1.807) is 4.90 Å². The lowest BCUT2D eigenvalue weighted by atomic mass is 10.0. The molecular weight excluding hydrogens is 513 g/mol. The second-order valence-corrected chi connectivity index (χ2v) is 9.04. The first kappa shape index (κ1) is 29.5. The van der Waals surface area contributed by atoms with Crippen molar-refractivity contribution in [1.29, 1.82) is 0 Å². The highest BCUT2D eigenvalue weighted by molar-refractivity contribution is 5.79. The lowest BCUT2D eigenvalue weighted by molar-refractivity contribution is -0.274. The Kier molecular flexibility index (Phi) is 10.3. The number of nitrogens with two attached hydrogens (primary N) is 1. The van der Waals surface area contributed by atoms with Crippen LogP contribution in [0.2, 0.25) is 0 Å². The van der Waals surface area contributed by atoms with E-state index in [0.717, 1.165) is 28.0 Å². The minimum Gasteiger partial charge on any atom is -0.490 e. The Balaban J connectivity index is 0.00000134. The highest BCUT2D eigenvalue weighted by Crippen LogP contribution is 2.29. The van der Waals surface area contributed by atoms with Crippen LogP contribution in [0.15, 0.2) is 66.7 Å². The number of hydrogen-bond acceptors (Lipinski definition) is 5. The minimum atomic E-state index is -4.74. The normalized spacial score (nSPS) is 13.7. The van der Waals surface area contributed by atoms with Crippen molar-refractivity contribution in [2.24, 2.45) is 5.73 Å². The molecule has 0 aromatic heterocycles. The van der Waals surface area contributed by atoms with Gasteiger partial charge in [-0.1, -0.05) is 36.4 Å². The first-order valence-corrected chi connectivity index (χ1v) is 12.4. The fourth-order valence-corrected chi connectivity index (χ4v) is 4.31. The van der Waals surface area contributed by atoms with E-state index in [1.807, 2.05) is 43.3 Å². The van der Waals surface area contributed by atoms with Crippen LogP contribution in [0.4, 0.5) is 13.2 Å². The third-order valence-electron chi connectivity index (χ3n) is 6.22. The molecule has 0 saturated carbocycles. The van der Waals surface area contributed by atoms with Gasteiger partial charge >= 0.3 is 6.36 Å². The van der Waals surface area contributed by atoms with Crippen molar-refractivity contribution >= 4 is 12.3 Å². The van der Waals surface area contributed by atoms with Crippen LogP contribution in [0.5, 0.6) is 11.5 Å². The first-order chi connectivity index (χ1) is 18.6. The summed E-state index contributed by atoms with van der Waals surface area (Å²) in [5, 5.41) is 9.38. The molecule has 3 aromatic carbocycles. The summed E-state index contributed by atoms with van der Waals surface area (Å²) in [6.45, 7) is 3.12. The number of amides is 2. The van der Waals surface area contributed by atoms with Crippen molar-refractivity contribution in [3.05, 3.63) is 83.4 Å². The molecule has 1 aliphatic heterocycles. The number of likely N-dealkylation sites (tertiary alicyclic amines) is 1. The van der Waals surface area contributed by atoms with E-state index in [-0.39, 0.29) is 37.2 Å². The lowest BCUT2D eigenvalue weighted by Gasteiger charge is -2.32. The highest BCUT2D eigenvalue weighted by Gasteiger charge is 2.31. The molecule has 7 nitrogen and oxygen atoms in total. The zero-order valence-corrected chi connectivity index (χ0v) is 21.5. The molecule has 1 saturated heterocycles. The number of aliphatic hydroxyl groups is 1. The van der Waals surface area contributed by atoms with Gasteiger partial charge in [0.05, 0.1) is 13.0 Å². The molecule has 0 spiro atoms. The van der Waals surface area contributed by atoms with Crippen LogP contribution in [0, 0.1) is 6.92 Å². The molecular formula is C29H31F3N2O5.